The van der Waals surface area contributed by atoms with Crippen LogP contribution in [-0.4, -0.2) is 4.57 Å². The molecule has 7 aromatic carbocycles. The summed E-state index contributed by atoms with van der Waals surface area (Å²) >= 11 is 0. The standard InChI is InChI=1S/C41H25NO/c1-2-13-27(14-3-1)42-38-28-15-5-4-12-26(28)22-23-31(38)32-24-25-36-40(39(32)42)43-37-21-11-10-20-35(37)41(36)33-18-8-6-16-29(33)30-17-7-9-19-34(30)41/h1-25H. The van der Waals surface area contributed by atoms with E-state index in [1.807, 2.05) is 0 Å². The van der Waals surface area contributed by atoms with Gasteiger partial charge in [0.1, 0.15) is 5.75 Å². The molecule has 43 heavy (non-hydrogen) atoms. The van der Waals surface area contributed by atoms with Gasteiger partial charge >= 0.3 is 0 Å². The number of fused-ring (bicyclic) bond motifs is 15. The van der Waals surface area contributed by atoms with Crippen LogP contribution < -0.4 is 4.74 Å². The molecule has 1 aliphatic carbocycles. The molecule has 2 aliphatic rings. The van der Waals surface area contributed by atoms with Gasteiger partial charge in [-0.3, -0.25) is 0 Å². The van der Waals surface area contributed by atoms with Gasteiger partial charge < -0.3 is 9.30 Å². The maximum atomic E-state index is 7.09. The summed E-state index contributed by atoms with van der Waals surface area (Å²) in [5.74, 6) is 1.83. The van der Waals surface area contributed by atoms with Gasteiger partial charge in [0.15, 0.2) is 5.75 Å². The topological polar surface area (TPSA) is 14.2 Å². The molecule has 0 saturated heterocycles. The van der Waals surface area contributed by atoms with E-state index in [1.54, 1.807) is 0 Å². The molecule has 0 atom stereocenters. The second-order valence-electron chi connectivity index (χ2n) is 11.6. The smallest absolute Gasteiger partial charge is 0.156 e. The molecular weight excluding hydrogens is 522 g/mol. The van der Waals surface area contributed by atoms with Crippen LogP contribution in [0.2, 0.25) is 0 Å². The molecule has 1 spiro atoms. The molecule has 0 N–H and O–H groups in total. The Labute approximate surface area is 249 Å². The van der Waals surface area contributed by atoms with Crippen molar-refractivity contribution in [3.8, 4) is 28.3 Å². The number of rotatable bonds is 1. The first-order valence-electron chi connectivity index (χ1n) is 14.9. The van der Waals surface area contributed by atoms with Crippen LogP contribution in [0.15, 0.2) is 152 Å². The number of aromatic nitrogens is 1. The zero-order chi connectivity index (χ0) is 28.1. The van der Waals surface area contributed by atoms with E-state index < -0.39 is 5.41 Å². The van der Waals surface area contributed by atoms with Crippen molar-refractivity contribution >= 4 is 32.6 Å². The molecule has 0 amide bonds. The highest BCUT2D eigenvalue weighted by Gasteiger charge is 2.51. The third kappa shape index (κ3) is 2.78. The lowest BCUT2D eigenvalue weighted by Gasteiger charge is -2.39. The molecule has 2 nitrogen and oxygen atoms in total. The van der Waals surface area contributed by atoms with Gasteiger partial charge in [-0.05, 0) is 45.8 Å². The fourth-order valence-electron chi connectivity index (χ4n) is 8.01. The van der Waals surface area contributed by atoms with Crippen LogP contribution in [-0.2, 0) is 5.41 Å². The summed E-state index contributed by atoms with van der Waals surface area (Å²) < 4.78 is 9.52. The molecule has 1 aromatic heterocycles. The van der Waals surface area contributed by atoms with Gasteiger partial charge in [-0.15, -0.1) is 0 Å². The summed E-state index contributed by atoms with van der Waals surface area (Å²) in [6.07, 6.45) is 0. The van der Waals surface area contributed by atoms with Crippen molar-refractivity contribution in [2.24, 2.45) is 0 Å². The summed E-state index contributed by atoms with van der Waals surface area (Å²) in [7, 11) is 0. The van der Waals surface area contributed by atoms with E-state index in [0.717, 1.165) is 22.7 Å². The van der Waals surface area contributed by atoms with Crippen molar-refractivity contribution in [1.82, 2.24) is 4.57 Å². The van der Waals surface area contributed by atoms with E-state index in [2.05, 4.69) is 156 Å². The normalized spacial score (nSPS) is 14.0. The molecule has 0 fully saturated rings. The van der Waals surface area contributed by atoms with Crippen molar-refractivity contribution in [1.29, 1.82) is 0 Å². The maximum absolute atomic E-state index is 7.09. The van der Waals surface area contributed by atoms with Gasteiger partial charge in [-0.25, -0.2) is 0 Å². The summed E-state index contributed by atoms with van der Waals surface area (Å²) in [6, 6.07) is 55.0. The quantitative estimate of drug-likeness (QED) is 0.199. The second kappa shape index (κ2) is 8.24. The molecule has 0 radical (unpaired) electrons. The monoisotopic (exact) mass is 547 g/mol. The average Bonchev–Trinajstić information content (AvgIpc) is 3.57. The van der Waals surface area contributed by atoms with Crippen molar-refractivity contribution in [3.05, 3.63) is 174 Å². The Balaban J connectivity index is 1.45. The number of nitrogens with zero attached hydrogens (tertiary/aromatic N) is 1. The van der Waals surface area contributed by atoms with Gasteiger partial charge in [0.2, 0.25) is 0 Å². The van der Waals surface area contributed by atoms with Crippen molar-refractivity contribution in [2.45, 2.75) is 5.41 Å². The zero-order valence-corrected chi connectivity index (χ0v) is 23.3. The number of ether oxygens (including phenoxy) is 1. The van der Waals surface area contributed by atoms with Crippen LogP contribution in [0, 0.1) is 0 Å². The molecule has 2 heteroatoms. The molecule has 8 aromatic rings. The fraction of sp³-hybridized carbons (Fsp3) is 0.0244. The van der Waals surface area contributed by atoms with Crippen molar-refractivity contribution in [2.75, 3.05) is 0 Å². The van der Waals surface area contributed by atoms with Crippen LogP contribution in [0.5, 0.6) is 11.5 Å². The molecule has 0 saturated carbocycles. The molecule has 10 rings (SSSR count). The summed E-state index contributed by atoms with van der Waals surface area (Å²) in [5, 5.41) is 4.88. The van der Waals surface area contributed by atoms with Crippen LogP contribution in [0.3, 0.4) is 0 Å². The molecule has 200 valence electrons. The summed E-state index contributed by atoms with van der Waals surface area (Å²) in [4.78, 5) is 0. The lowest BCUT2D eigenvalue weighted by atomic mass is 9.66. The van der Waals surface area contributed by atoms with Crippen LogP contribution in [0.4, 0.5) is 0 Å². The fourth-order valence-corrected chi connectivity index (χ4v) is 8.01. The van der Waals surface area contributed by atoms with E-state index in [0.29, 0.717) is 0 Å². The molecular formula is C41H25NO. The van der Waals surface area contributed by atoms with Crippen LogP contribution >= 0.6 is 0 Å². The summed E-state index contributed by atoms with van der Waals surface area (Å²) in [5.41, 5.74) is 10.5. The molecule has 2 heterocycles. The highest BCUT2D eigenvalue weighted by molar-refractivity contribution is 6.20. The number of para-hydroxylation sites is 2. The van der Waals surface area contributed by atoms with Crippen molar-refractivity contribution < 1.29 is 4.74 Å². The van der Waals surface area contributed by atoms with Crippen molar-refractivity contribution in [3.63, 3.8) is 0 Å². The lowest BCUT2D eigenvalue weighted by molar-refractivity contribution is 0.440. The predicted octanol–water partition coefficient (Wildman–Crippen LogP) is 10.4. The van der Waals surface area contributed by atoms with E-state index in [4.69, 9.17) is 4.74 Å². The third-order valence-electron chi connectivity index (χ3n) is 9.64. The predicted molar refractivity (Wildman–Crippen MR) is 176 cm³/mol. The molecule has 1 aliphatic heterocycles. The summed E-state index contributed by atoms with van der Waals surface area (Å²) in [6.45, 7) is 0. The minimum Gasteiger partial charge on any atom is -0.454 e. The highest BCUT2D eigenvalue weighted by Crippen LogP contribution is 2.63. The van der Waals surface area contributed by atoms with E-state index in [1.165, 1.54) is 60.4 Å². The Bertz CT molecular complexity index is 2390. The van der Waals surface area contributed by atoms with Gasteiger partial charge in [-0.1, -0.05) is 133 Å². The highest BCUT2D eigenvalue weighted by atomic mass is 16.5. The van der Waals surface area contributed by atoms with Gasteiger partial charge in [-0.2, -0.15) is 0 Å². The Morgan fingerprint density at radius 2 is 1.02 bits per heavy atom. The zero-order valence-electron chi connectivity index (χ0n) is 23.3. The first kappa shape index (κ1) is 23.0. The van der Waals surface area contributed by atoms with E-state index in [-0.39, 0.29) is 0 Å². The maximum Gasteiger partial charge on any atom is 0.156 e. The molecule has 0 unspecified atom stereocenters. The van der Waals surface area contributed by atoms with Gasteiger partial charge in [0, 0.05) is 33.0 Å². The Morgan fingerprint density at radius 1 is 0.419 bits per heavy atom. The lowest BCUT2D eigenvalue weighted by Crippen LogP contribution is -2.32. The minimum absolute atomic E-state index is 0.494. The number of benzene rings is 7. The number of hydrogen-bond acceptors (Lipinski definition) is 1. The Kier molecular flexibility index (Phi) is 4.41. The Morgan fingerprint density at radius 3 is 1.81 bits per heavy atom. The first-order valence-corrected chi connectivity index (χ1v) is 14.9. The van der Waals surface area contributed by atoms with Crippen LogP contribution in [0.25, 0.3) is 49.4 Å². The minimum atomic E-state index is -0.494. The van der Waals surface area contributed by atoms with E-state index in [9.17, 15) is 0 Å². The van der Waals surface area contributed by atoms with Gasteiger partial charge in [0.25, 0.3) is 0 Å². The third-order valence-corrected chi connectivity index (χ3v) is 9.64. The van der Waals surface area contributed by atoms with Crippen LogP contribution in [0.1, 0.15) is 22.3 Å². The Hall–Kier alpha value is -5.60. The number of hydrogen-bond donors (Lipinski definition) is 0. The largest absolute Gasteiger partial charge is 0.454 e. The average molecular weight is 548 g/mol. The first-order chi connectivity index (χ1) is 21.4. The second-order valence-corrected chi connectivity index (χ2v) is 11.6. The molecule has 0 bridgehead atoms. The van der Waals surface area contributed by atoms with E-state index >= 15 is 0 Å². The van der Waals surface area contributed by atoms with Gasteiger partial charge in [0.05, 0.1) is 16.4 Å². The SMILES string of the molecule is c1ccc(-n2c3c4c(ccc3c3ccc5ccccc5c32)C2(c3ccccc3O4)c3ccccc3-c3ccccc32)cc1.